The maximum atomic E-state index is 13.1. The van der Waals surface area contributed by atoms with Crippen LogP contribution in [0, 0.1) is 5.41 Å². The van der Waals surface area contributed by atoms with E-state index in [1.165, 1.54) is 11.8 Å². The highest BCUT2D eigenvalue weighted by Crippen LogP contribution is 2.38. The Morgan fingerprint density at radius 3 is 2.14 bits per heavy atom. The summed E-state index contributed by atoms with van der Waals surface area (Å²) in [4.78, 5) is 34.4. The van der Waals surface area contributed by atoms with Crippen LogP contribution in [0.15, 0.2) is 60.9 Å². The second-order valence-electron chi connectivity index (χ2n) is 8.13. The zero-order chi connectivity index (χ0) is 25.8. The van der Waals surface area contributed by atoms with E-state index in [9.17, 15) is 9.59 Å². The first-order valence-corrected chi connectivity index (χ1v) is 12.1. The highest BCUT2D eigenvalue weighted by molar-refractivity contribution is 8.13. The Bertz CT molecular complexity index is 1530. The lowest BCUT2D eigenvalue weighted by Gasteiger charge is -2.04. The SMILES string of the molecule is Cn1cc(C2=C(c3cn(CCCSC(=N)N)c4ccccc34)C(=O)NC2=O)c2ccccc21.O=CO. The van der Waals surface area contributed by atoms with Gasteiger partial charge in [0.15, 0.2) is 5.17 Å². The van der Waals surface area contributed by atoms with Gasteiger partial charge in [0.25, 0.3) is 18.3 Å². The molecule has 4 aromatic rings. The van der Waals surface area contributed by atoms with Crippen LogP contribution in [-0.4, -0.2) is 43.4 Å². The number of thioether (sulfide) groups is 1. The number of carboxylic acid groups (broad SMARTS) is 1. The molecular weight excluding hydrogens is 478 g/mol. The number of nitrogens with two attached hydrogens (primary N) is 1. The molecule has 0 saturated heterocycles. The summed E-state index contributed by atoms with van der Waals surface area (Å²) in [5.74, 6) is -0.0147. The molecule has 10 heteroatoms. The number of nitrogens with one attached hydrogen (secondary N) is 2. The zero-order valence-electron chi connectivity index (χ0n) is 19.5. The Labute approximate surface area is 211 Å². The van der Waals surface area contributed by atoms with Crippen molar-refractivity contribution in [1.82, 2.24) is 14.5 Å². The Morgan fingerprint density at radius 2 is 1.53 bits per heavy atom. The molecule has 2 aromatic heterocycles. The van der Waals surface area contributed by atoms with E-state index >= 15 is 0 Å². The molecule has 0 aliphatic carbocycles. The standard InChI is InChI=1S/C25H23N5O2S.CH2O2/c1-29-13-17(15-7-2-4-9-19(15)29)21-22(24(32)28-23(21)31)18-14-30(11-6-12-33-25(26)27)20-10-5-3-8-16(18)20;2-1-3/h2-5,7-10,13-14H,6,11-12H2,1H3,(H3,26,27)(H,28,31,32);1H,(H,2,3). The van der Waals surface area contributed by atoms with Crippen molar-refractivity contribution in [3.05, 3.63) is 72.1 Å². The van der Waals surface area contributed by atoms with E-state index in [1.807, 2.05) is 72.5 Å². The second-order valence-corrected chi connectivity index (χ2v) is 9.27. The quantitative estimate of drug-likeness (QED) is 0.104. The number of aromatic nitrogens is 2. The van der Waals surface area contributed by atoms with Gasteiger partial charge in [0.2, 0.25) is 0 Å². The third-order valence-electron chi connectivity index (χ3n) is 5.96. The molecule has 0 radical (unpaired) electrons. The van der Waals surface area contributed by atoms with Gasteiger partial charge in [0, 0.05) is 64.7 Å². The summed E-state index contributed by atoms with van der Waals surface area (Å²) in [7, 11) is 1.94. The van der Waals surface area contributed by atoms with E-state index in [0.717, 1.165) is 45.1 Å². The number of benzene rings is 2. The van der Waals surface area contributed by atoms with Crippen molar-refractivity contribution in [2.24, 2.45) is 12.8 Å². The third-order valence-corrected chi connectivity index (χ3v) is 6.76. The van der Waals surface area contributed by atoms with Crippen molar-refractivity contribution in [1.29, 1.82) is 5.41 Å². The van der Waals surface area contributed by atoms with Crippen LogP contribution in [0.25, 0.3) is 33.0 Å². The molecule has 9 nitrogen and oxygen atoms in total. The number of fused-ring (bicyclic) bond motifs is 2. The molecule has 36 heavy (non-hydrogen) atoms. The molecule has 1 aliphatic rings. The average Bonchev–Trinajstić information content (AvgIpc) is 3.48. The predicted octanol–water partition coefficient (Wildman–Crippen LogP) is 3.42. The summed E-state index contributed by atoms with van der Waals surface area (Å²) in [6.45, 7) is 0.466. The topological polar surface area (TPSA) is 143 Å². The lowest BCUT2D eigenvalue weighted by Crippen LogP contribution is -2.22. The molecule has 0 bridgehead atoms. The number of carbonyl (C=O) groups excluding carboxylic acids is 2. The summed E-state index contributed by atoms with van der Waals surface area (Å²) in [5, 5.41) is 18.8. The number of rotatable bonds is 6. The van der Waals surface area contributed by atoms with Gasteiger partial charge in [0.1, 0.15) is 0 Å². The molecule has 1 aliphatic heterocycles. The highest BCUT2D eigenvalue weighted by Gasteiger charge is 2.35. The largest absolute Gasteiger partial charge is 0.483 e. The Balaban J connectivity index is 0.000000967. The number of para-hydroxylation sites is 2. The summed E-state index contributed by atoms with van der Waals surface area (Å²) in [6, 6.07) is 15.8. The van der Waals surface area contributed by atoms with Crippen LogP contribution in [0.2, 0.25) is 0 Å². The van der Waals surface area contributed by atoms with Crippen LogP contribution in [-0.2, 0) is 28.0 Å². The molecule has 0 unspecified atom stereocenters. The summed E-state index contributed by atoms with van der Waals surface area (Å²) < 4.78 is 4.08. The van der Waals surface area contributed by atoms with Gasteiger partial charge in [-0.05, 0) is 18.6 Å². The normalized spacial score (nSPS) is 13.1. The first-order valence-electron chi connectivity index (χ1n) is 11.1. The highest BCUT2D eigenvalue weighted by atomic mass is 32.2. The first kappa shape index (κ1) is 24.8. The van der Waals surface area contributed by atoms with Gasteiger partial charge >= 0.3 is 0 Å². The molecule has 184 valence electrons. The summed E-state index contributed by atoms with van der Waals surface area (Å²) in [6.07, 6.45) is 4.70. The second kappa shape index (κ2) is 10.5. The number of hydrogen-bond donors (Lipinski definition) is 4. The summed E-state index contributed by atoms with van der Waals surface area (Å²) >= 11 is 1.32. The van der Waals surface area contributed by atoms with Gasteiger partial charge in [-0.2, -0.15) is 0 Å². The number of nitrogens with zero attached hydrogens (tertiary/aromatic N) is 2. The number of amidine groups is 1. The minimum Gasteiger partial charge on any atom is -0.483 e. The van der Waals surface area contributed by atoms with Crippen LogP contribution in [0.5, 0.6) is 0 Å². The maximum absolute atomic E-state index is 13.1. The average molecular weight is 504 g/mol. The van der Waals surface area contributed by atoms with E-state index in [0.29, 0.717) is 17.7 Å². The van der Waals surface area contributed by atoms with Gasteiger partial charge < -0.3 is 20.0 Å². The van der Waals surface area contributed by atoms with E-state index in [4.69, 9.17) is 21.0 Å². The molecule has 5 N–H and O–H groups in total. The first-order chi connectivity index (χ1) is 17.4. The fourth-order valence-corrected chi connectivity index (χ4v) is 5.05. The predicted molar refractivity (Wildman–Crippen MR) is 143 cm³/mol. The van der Waals surface area contributed by atoms with Crippen LogP contribution >= 0.6 is 11.8 Å². The molecule has 5 rings (SSSR count). The van der Waals surface area contributed by atoms with Gasteiger partial charge in [-0.15, -0.1) is 0 Å². The van der Waals surface area contributed by atoms with Crippen molar-refractivity contribution in [2.75, 3.05) is 5.75 Å². The minimum atomic E-state index is -0.377. The molecule has 3 heterocycles. The van der Waals surface area contributed by atoms with Crippen molar-refractivity contribution in [3.8, 4) is 0 Å². The molecule has 2 aromatic carbocycles. The number of imide groups is 1. The molecule has 0 atom stereocenters. The fraction of sp³-hybridized carbons (Fsp3) is 0.154. The Morgan fingerprint density at radius 1 is 1.00 bits per heavy atom. The van der Waals surface area contributed by atoms with Crippen LogP contribution in [0.4, 0.5) is 0 Å². The van der Waals surface area contributed by atoms with Crippen molar-refractivity contribution < 1.29 is 19.5 Å². The number of amides is 2. The van der Waals surface area contributed by atoms with Gasteiger partial charge in [-0.1, -0.05) is 48.2 Å². The van der Waals surface area contributed by atoms with Crippen LogP contribution in [0.1, 0.15) is 17.5 Å². The summed E-state index contributed by atoms with van der Waals surface area (Å²) in [5.41, 5.74) is 9.75. The smallest absolute Gasteiger partial charge is 0.290 e. The number of aryl methyl sites for hydroxylation is 2. The third kappa shape index (κ3) is 4.63. The van der Waals surface area contributed by atoms with Crippen LogP contribution in [0.3, 0.4) is 0 Å². The van der Waals surface area contributed by atoms with E-state index in [1.54, 1.807) is 0 Å². The van der Waals surface area contributed by atoms with Crippen LogP contribution < -0.4 is 11.1 Å². The molecule has 0 spiro atoms. The van der Waals surface area contributed by atoms with E-state index in [2.05, 4.69) is 9.88 Å². The number of carbonyl (C=O) groups is 3. The Hall–Kier alpha value is -4.31. The van der Waals surface area contributed by atoms with E-state index in [-0.39, 0.29) is 23.5 Å². The van der Waals surface area contributed by atoms with Gasteiger partial charge in [0.05, 0.1) is 11.1 Å². The lowest BCUT2D eigenvalue weighted by molar-refractivity contribution is -0.124. The van der Waals surface area contributed by atoms with Gasteiger partial charge in [-0.25, -0.2) is 0 Å². The minimum absolute atomic E-state index is 0.110. The van der Waals surface area contributed by atoms with Crippen molar-refractivity contribution in [2.45, 2.75) is 13.0 Å². The van der Waals surface area contributed by atoms with E-state index < -0.39 is 0 Å². The molecular formula is C26H25N5O4S. The number of hydrogen-bond acceptors (Lipinski definition) is 5. The molecule has 0 fully saturated rings. The molecule has 0 saturated carbocycles. The van der Waals surface area contributed by atoms with Crippen molar-refractivity contribution in [3.63, 3.8) is 0 Å². The fourth-order valence-electron chi connectivity index (χ4n) is 4.56. The molecule has 2 amide bonds. The zero-order valence-corrected chi connectivity index (χ0v) is 20.3. The maximum Gasteiger partial charge on any atom is 0.290 e. The van der Waals surface area contributed by atoms with Gasteiger partial charge in [-0.3, -0.25) is 25.1 Å². The van der Waals surface area contributed by atoms with Crippen molar-refractivity contribution >= 4 is 68.2 Å². The lowest BCUT2D eigenvalue weighted by atomic mass is 9.95. The Kier molecular flexibility index (Phi) is 7.25. The monoisotopic (exact) mass is 503 g/mol.